The van der Waals surface area contributed by atoms with Crippen molar-refractivity contribution in [1.82, 2.24) is 38.0 Å². The lowest BCUT2D eigenvalue weighted by Crippen LogP contribution is -2.19. The second-order valence-corrected chi connectivity index (χ2v) is 10.8. The fraction of sp³-hybridized carbons (Fsp3) is 0.188. The van der Waals surface area contributed by atoms with E-state index in [4.69, 9.17) is 9.72 Å². The molecule has 0 fully saturated rings. The number of rotatable bonds is 7. The molecule has 12 heteroatoms. The van der Waals surface area contributed by atoms with E-state index in [1.807, 2.05) is 58.6 Å². The van der Waals surface area contributed by atoms with Gasteiger partial charge in [0.25, 0.3) is 6.43 Å². The molecule has 7 aromatic rings. The maximum Gasteiger partial charge on any atom is 0.328 e. The third-order valence-electron chi connectivity index (χ3n) is 7.93. The predicted molar refractivity (Wildman–Crippen MR) is 163 cm³/mol. The van der Waals surface area contributed by atoms with Gasteiger partial charge < -0.3 is 9.30 Å². The van der Waals surface area contributed by atoms with Crippen LogP contribution in [-0.2, 0) is 34.8 Å². The zero-order chi connectivity index (χ0) is 30.7. The molecular weight excluding hydrogens is 566 g/mol. The molecule has 0 unspecified atom stereocenters. The van der Waals surface area contributed by atoms with Crippen LogP contribution < -0.4 is 10.4 Å². The number of hydrogen-bond acceptors (Lipinski definition) is 5. The Morgan fingerprint density at radius 1 is 0.932 bits per heavy atom. The molecular formula is C32H28F2N8O2. The second-order valence-electron chi connectivity index (χ2n) is 10.8. The fourth-order valence-electron chi connectivity index (χ4n) is 5.71. The number of nitrogens with zero attached hydrogens (tertiary/aromatic N) is 8. The van der Waals surface area contributed by atoms with Gasteiger partial charge in [-0.1, -0.05) is 30.3 Å². The molecule has 4 heterocycles. The van der Waals surface area contributed by atoms with E-state index in [1.165, 1.54) is 6.07 Å². The lowest BCUT2D eigenvalue weighted by molar-refractivity contribution is 0.152. The number of alkyl halides is 2. The van der Waals surface area contributed by atoms with Gasteiger partial charge in [-0.15, -0.1) is 0 Å². The normalized spacial score (nSPS) is 11.8. The molecule has 0 aliphatic rings. The number of benzene rings is 3. The molecule has 222 valence electrons. The monoisotopic (exact) mass is 594 g/mol. The summed E-state index contributed by atoms with van der Waals surface area (Å²) < 4.78 is 43.9. The van der Waals surface area contributed by atoms with Crippen LogP contribution in [0.25, 0.3) is 50.4 Å². The molecule has 0 spiro atoms. The minimum absolute atomic E-state index is 0.142. The maximum atomic E-state index is 14.6. The van der Waals surface area contributed by atoms with Crippen molar-refractivity contribution in [2.45, 2.75) is 13.0 Å². The summed E-state index contributed by atoms with van der Waals surface area (Å²) in [5, 5.41) is 4.18. The van der Waals surface area contributed by atoms with Crippen molar-refractivity contribution in [3.8, 4) is 34.1 Å². The Morgan fingerprint density at radius 3 is 2.41 bits per heavy atom. The van der Waals surface area contributed by atoms with Crippen molar-refractivity contribution < 1.29 is 13.5 Å². The molecule has 0 aliphatic heterocycles. The molecule has 0 aliphatic carbocycles. The van der Waals surface area contributed by atoms with Gasteiger partial charge in [-0.25, -0.2) is 23.5 Å². The molecule has 0 bridgehead atoms. The predicted octanol–water partition coefficient (Wildman–Crippen LogP) is 5.53. The number of hydrogen-bond donors (Lipinski definition) is 0. The van der Waals surface area contributed by atoms with Gasteiger partial charge in [0.15, 0.2) is 5.82 Å². The Hall–Kier alpha value is -5.52. The van der Waals surface area contributed by atoms with Crippen LogP contribution >= 0.6 is 0 Å². The second kappa shape index (κ2) is 10.3. The largest absolute Gasteiger partial charge is 0.487 e. The van der Waals surface area contributed by atoms with Crippen molar-refractivity contribution in [2.24, 2.45) is 28.2 Å². The smallest absolute Gasteiger partial charge is 0.328 e. The van der Waals surface area contributed by atoms with Crippen LogP contribution in [0, 0.1) is 0 Å². The molecule has 0 amide bonds. The molecule has 3 aromatic carbocycles. The SMILES string of the molecule is Cn1cc(-c2cc3nc(-c4cncn4C)n(-c4cc(OCc5ccccc5)c5c(c4)n(C)c(=O)n5C)c3cc2C(F)F)cn1. The zero-order valence-electron chi connectivity index (χ0n) is 24.4. The molecule has 7 rings (SSSR count). The van der Waals surface area contributed by atoms with Gasteiger partial charge in [0, 0.05) is 51.6 Å². The molecule has 10 nitrogen and oxygen atoms in total. The van der Waals surface area contributed by atoms with E-state index in [2.05, 4.69) is 10.1 Å². The fourth-order valence-corrected chi connectivity index (χ4v) is 5.71. The van der Waals surface area contributed by atoms with Gasteiger partial charge in [0.2, 0.25) is 0 Å². The summed E-state index contributed by atoms with van der Waals surface area (Å²) in [7, 11) is 6.97. The van der Waals surface area contributed by atoms with Gasteiger partial charge in [-0.2, -0.15) is 5.10 Å². The number of fused-ring (bicyclic) bond motifs is 2. The van der Waals surface area contributed by atoms with Crippen LogP contribution in [0.15, 0.2) is 84.3 Å². The first kappa shape index (κ1) is 27.3. The first-order valence-electron chi connectivity index (χ1n) is 13.9. The first-order chi connectivity index (χ1) is 21.2. The Balaban J connectivity index is 1.52. The Kier molecular flexibility index (Phi) is 6.42. The average Bonchev–Trinajstić information content (AvgIpc) is 3.78. The zero-order valence-corrected chi connectivity index (χ0v) is 24.4. The highest BCUT2D eigenvalue weighted by atomic mass is 19.3. The first-order valence-corrected chi connectivity index (χ1v) is 13.9. The van der Waals surface area contributed by atoms with Gasteiger partial charge in [-0.3, -0.25) is 18.4 Å². The maximum absolute atomic E-state index is 14.6. The number of ether oxygens (including phenoxy) is 1. The minimum atomic E-state index is -2.75. The summed E-state index contributed by atoms with van der Waals surface area (Å²) in [5.41, 5.74) is 5.02. The number of halogens is 2. The van der Waals surface area contributed by atoms with E-state index >= 15 is 0 Å². The lowest BCUT2D eigenvalue weighted by Gasteiger charge is -2.15. The van der Waals surface area contributed by atoms with Crippen molar-refractivity contribution in [1.29, 1.82) is 0 Å². The third kappa shape index (κ3) is 4.37. The summed E-state index contributed by atoms with van der Waals surface area (Å²) in [6, 6.07) is 16.5. The summed E-state index contributed by atoms with van der Waals surface area (Å²) in [4.78, 5) is 22.3. The van der Waals surface area contributed by atoms with Crippen LogP contribution in [0.1, 0.15) is 17.6 Å². The minimum Gasteiger partial charge on any atom is -0.487 e. The Bertz CT molecular complexity index is 2240. The van der Waals surface area contributed by atoms with Gasteiger partial charge >= 0.3 is 5.69 Å². The van der Waals surface area contributed by atoms with Crippen LogP contribution in [0.5, 0.6) is 5.75 Å². The average molecular weight is 595 g/mol. The quantitative estimate of drug-likeness (QED) is 0.242. The van der Waals surface area contributed by atoms with E-state index in [0.717, 1.165) is 5.56 Å². The Morgan fingerprint density at radius 2 is 1.73 bits per heavy atom. The summed E-state index contributed by atoms with van der Waals surface area (Å²) in [5.74, 6) is 0.971. The van der Waals surface area contributed by atoms with Crippen LogP contribution in [0.3, 0.4) is 0 Å². The molecule has 4 aromatic heterocycles. The van der Waals surface area contributed by atoms with Crippen molar-refractivity contribution in [3.63, 3.8) is 0 Å². The molecule has 0 N–H and O–H groups in total. The van der Waals surface area contributed by atoms with Crippen molar-refractivity contribution in [2.75, 3.05) is 0 Å². The van der Waals surface area contributed by atoms with E-state index in [1.54, 1.807) is 65.9 Å². The topological polar surface area (TPSA) is 89.6 Å². The Labute approximate surface area is 250 Å². The molecule has 0 saturated heterocycles. The van der Waals surface area contributed by atoms with Crippen molar-refractivity contribution >= 4 is 22.1 Å². The molecule has 0 saturated carbocycles. The number of imidazole rings is 3. The van der Waals surface area contributed by atoms with Gasteiger partial charge in [0.05, 0.1) is 41.0 Å². The van der Waals surface area contributed by atoms with E-state index in [-0.39, 0.29) is 17.9 Å². The van der Waals surface area contributed by atoms with Crippen molar-refractivity contribution in [3.05, 3.63) is 101 Å². The van der Waals surface area contributed by atoms with Crippen LogP contribution in [-0.4, -0.2) is 38.0 Å². The highest BCUT2D eigenvalue weighted by molar-refractivity contribution is 5.91. The molecule has 0 atom stereocenters. The van der Waals surface area contributed by atoms with E-state index in [9.17, 15) is 13.6 Å². The van der Waals surface area contributed by atoms with Gasteiger partial charge in [-0.05, 0) is 29.3 Å². The van der Waals surface area contributed by atoms with E-state index in [0.29, 0.717) is 56.1 Å². The summed E-state index contributed by atoms with van der Waals surface area (Å²) in [6.07, 6.45) is 3.85. The summed E-state index contributed by atoms with van der Waals surface area (Å²) >= 11 is 0. The lowest BCUT2D eigenvalue weighted by atomic mass is 10.0. The van der Waals surface area contributed by atoms with Crippen LogP contribution in [0.4, 0.5) is 8.78 Å². The third-order valence-corrected chi connectivity index (χ3v) is 7.93. The summed E-state index contributed by atoms with van der Waals surface area (Å²) in [6.45, 7) is 0.270. The standard InChI is InChI=1S/C32H28F2N8O2/c1-38-18-35-15-27(38)31-37-24-12-22(20-14-36-39(2)16-20)23(30(33)34)13-25(24)42(31)21-10-26-29(41(4)32(43)40(26)3)28(11-21)44-17-19-8-6-5-7-9-19/h5-16,18,30H,17H2,1-4H3. The van der Waals surface area contributed by atoms with E-state index < -0.39 is 6.43 Å². The highest BCUT2D eigenvalue weighted by Crippen LogP contribution is 2.39. The number of aromatic nitrogens is 8. The molecule has 0 radical (unpaired) electrons. The van der Waals surface area contributed by atoms with Crippen LogP contribution in [0.2, 0.25) is 0 Å². The van der Waals surface area contributed by atoms with Gasteiger partial charge in [0.1, 0.15) is 23.6 Å². The molecule has 44 heavy (non-hydrogen) atoms. The highest BCUT2D eigenvalue weighted by Gasteiger charge is 2.24. The number of aryl methyl sites for hydroxylation is 4.